The molecule has 0 aliphatic heterocycles. The molecule has 0 radical (unpaired) electrons. The van der Waals surface area contributed by atoms with Crippen LogP contribution in [0.15, 0.2) is 41.8 Å². The number of unbranched alkanes of at least 4 members (excludes halogenated alkanes) is 1. The Morgan fingerprint density at radius 2 is 2.15 bits per heavy atom. The van der Waals surface area contributed by atoms with Crippen LogP contribution in [-0.2, 0) is 14.8 Å². The van der Waals surface area contributed by atoms with Crippen LogP contribution in [0.4, 0.5) is 0 Å². The lowest BCUT2D eigenvalue weighted by Gasteiger charge is -2.10. The lowest BCUT2D eigenvalue weighted by Crippen LogP contribution is -2.31. The van der Waals surface area contributed by atoms with Crippen molar-refractivity contribution >= 4 is 22.1 Å². The number of carboxylic acids is 1. The molecule has 2 unspecified atom stereocenters. The summed E-state index contributed by atoms with van der Waals surface area (Å²) < 4.78 is 27.2. The molecule has 2 rings (SSSR count). The number of rotatable bonds is 9. The number of allylic oxidation sites excluding steroid dienone is 2. The Balaban J connectivity index is 1.79. The normalized spacial score (nSPS) is 21.0. The summed E-state index contributed by atoms with van der Waals surface area (Å²) in [6.45, 7) is 1.97. The minimum absolute atomic E-state index is 0.0455. The first-order valence-electron chi connectivity index (χ1n) is 8.99. The van der Waals surface area contributed by atoms with Crippen LogP contribution >= 0.6 is 0 Å². The zero-order valence-electron chi connectivity index (χ0n) is 15.1. The van der Waals surface area contributed by atoms with E-state index in [1.165, 1.54) is 5.41 Å². The van der Waals surface area contributed by atoms with Crippen molar-refractivity contribution in [3.05, 3.63) is 53.0 Å². The minimum Gasteiger partial charge on any atom is -0.481 e. The van der Waals surface area contributed by atoms with Crippen LogP contribution in [0.3, 0.4) is 0 Å². The number of carbonyl (C=O) groups is 1. The summed E-state index contributed by atoms with van der Waals surface area (Å²) in [5, 5.41) is 9.84. The highest BCUT2D eigenvalue weighted by atomic mass is 32.2. The van der Waals surface area contributed by atoms with Crippen LogP contribution in [0.25, 0.3) is 6.08 Å². The molecule has 1 aliphatic rings. The number of sulfonamides is 1. The number of aliphatic carboxylic acids is 1. The van der Waals surface area contributed by atoms with Gasteiger partial charge in [0.25, 0.3) is 0 Å². The van der Waals surface area contributed by atoms with Gasteiger partial charge in [0.1, 0.15) is 0 Å². The average Bonchev–Trinajstić information content (AvgIpc) is 2.99. The Morgan fingerprint density at radius 3 is 2.88 bits per heavy atom. The van der Waals surface area contributed by atoms with Crippen LogP contribution in [0.2, 0.25) is 0 Å². The molecule has 1 aromatic rings. The molecule has 1 aromatic carbocycles. The maximum atomic E-state index is 12.2. The number of hydrogen-bond donors (Lipinski definition) is 2. The molecule has 2 N–H and O–H groups in total. The summed E-state index contributed by atoms with van der Waals surface area (Å²) in [4.78, 5) is 10.5. The van der Waals surface area contributed by atoms with Gasteiger partial charge in [-0.3, -0.25) is 4.79 Å². The van der Waals surface area contributed by atoms with Crippen molar-refractivity contribution in [2.24, 2.45) is 5.92 Å². The highest BCUT2D eigenvalue weighted by molar-refractivity contribution is 7.92. The first kappa shape index (κ1) is 20.4. The van der Waals surface area contributed by atoms with Gasteiger partial charge < -0.3 is 5.11 Å². The summed E-state index contributed by atoms with van der Waals surface area (Å²) in [6.07, 6.45) is 9.85. The van der Waals surface area contributed by atoms with E-state index in [1.54, 1.807) is 6.08 Å². The molecule has 1 aliphatic carbocycles. The molecule has 5 nitrogen and oxygen atoms in total. The lowest BCUT2D eigenvalue weighted by atomic mass is 10.1. The molecular weight excluding hydrogens is 350 g/mol. The number of carboxylic acid groups (broad SMARTS) is 1. The van der Waals surface area contributed by atoms with Gasteiger partial charge in [0.2, 0.25) is 10.0 Å². The Bertz CT molecular complexity index is 768. The average molecular weight is 378 g/mol. The third-order valence-electron chi connectivity index (χ3n) is 4.46. The largest absolute Gasteiger partial charge is 0.481 e. The van der Waals surface area contributed by atoms with Gasteiger partial charge in [-0.2, -0.15) is 0 Å². The molecule has 2 atom stereocenters. The van der Waals surface area contributed by atoms with E-state index in [9.17, 15) is 13.2 Å². The van der Waals surface area contributed by atoms with Gasteiger partial charge in [0.15, 0.2) is 0 Å². The molecule has 0 aromatic heterocycles. The molecule has 0 bridgehead atoms. The van der Waals surface area contributed by atoms with E-state index in [-0.39, 0.29) is 12.5 Å². The van der Waals surface area contributed by atoms with Crippen LogP contribution in [0, 0.1) is 12.8 Å². The molecule has 142 valence electrons. The standard InChI is InChI=1S/C20H27NO4S/c1-16-6-5-8-18(14-16)12-13-26(24,25)21-19-11-10-17(15-19)7-3-2-4-9-20(22)23/h3,5-8,12-14,17,19,21H,2,4,9-11,15H2,1H3,(H,22,23). The van der Waals surface area contributed by atoms with E-state index < -0.39 is 16.0 Å². The summed E-state index contributed by atoms with van der Waals surface area (Å²) >= 11 is 0. The van der Waals surface area contributed by atoms with Crippen LogP contribution in [0.5, 0.6) is 0 Å². The molecule has 1 fully saturated rings. The summed E-state index contributed by atoms with van der Waals surface area (Å²) in [6, 6.07) is 7.64. The molecule has 0 amide bonds. The third kappa shape index (κ3) is 7.54. The maximum Gasteiger partial charge on any atom is 0.303 e. The van der Waals surface area contributed by atoms with E-state index in [0.717, 1.165) is 36.8 Å². The predicted molar refractivity (Wildman–Crippen MR) is 104 cm³/mol. The van der Waals surface area contributed by atoms with E-state index >= 15 is 0 Å². The van der Waals surface area contributed by atoms with E-state index in [2.05, 4.69) is 10.8 Å². The fourth-order valence-corrected chi connectivity index (χ4v) is 4.27. The molecular formula is C20H27NO4S. The molecule has 26 heavy (non-hydrogen) atoms. The highest BCUT2D eigenvalue weighted by Gasteiger charge is 2.25. The summed E-state index contributed by atoms with van der Waals surface area (Å²) in [5.74, 6) is -0.416. The maximum absolute atomic E-state index is 12.2. The zero-order valence-corrected chi connectivity index (χ0v) is 15.9. The van der Waals surface area contributed by atoms with E-state index in [1.807, 2.05) is 37.3 Å². The van der Waals surface area contributed by atoms with Gasteiger partial charge in [0.05, 0.1) is 0 Å². The van der Waals surface area contributed by atoms with E-state index in [0.29, 0.717) is 12.3 Å². The van der Waals surface area contributed by atoms with Gasteiger partial charge in [-0.05, 0) is 56.6 Å². The van der Waals surface area contributed by atoms with Crippen LogP contribution in [0.1, 0.15) is 49.7 Å². The second-order valence-corrected chi connectivity index (χ2v) is 8.46. The Morgan fingerprint density at radius 1 is 1.35 bits per heavy atom. The van der Waals surface area contributed by atoms with Gasteiger partial charge >= 0.3 is 5.97 Å². The minimum atomic E-state index is -3.46. The van der Waals surface area contributed by atoms with Crippen molar-refractivity contribution in [3.8, 4) is 0 Å². The number of benzene rings is 1. The fraction of sp³-hybridized carbons (Fsp3) is 0.450. The topological polar surface area (TPSA) is 83.5 Å². The molecule has 1 saturated carbocycles. The van der Waals surface area contributed by atoms with E-state index in [4.69, 9.17) is 5.11 Å². The quantitative estimate of drug-likeness (QED) is 0.505. The first-order chi connectivity index (χ1) is 12.3. The number of nitrogens with one attached hydrogen (secondary N) is 1. The third-order valence-corrected chi connectivity index (χ3v) is 5.61. The number of aryl methyl sites for hydroxylation is 1. The second kappa shape index (κ2) is 9.69. The van der Waals surface area contributed by atoms with Crippen molar-refractivity contribution in [3.63, 3.8) is 0 Å². The van der Waals surface area contributed by atoms with Gasteiger partial charge in [-0.25, -0.2) is 13.1 Å². The summed E-state index contributed by atoms with van der Waals surface area (Å²) in [7, 11) is -3.46. The van der Waals surface area contributed by atoms with Crippen LogP contribution < -0.4 is 4.72 Å². The highest BCUT2D eigenvalue weighted by Crippen LogP contribution is 2.27. The Kier molecular flexibility index (Phi) is 7.60. The van der Waals surface area contributed by atoms with Crippen molar-refractivity contribution in [2.75, 3.05) is 0 Å². The SMILES string of the molecule is Cc1cccc(C=CS(=O)(=O)NC2CCC(C=CCCCC(=O)O)C2)c1. The Labute approximate surface area is 155 Å². The van der Waals surface area contributed by atoms with Crippen molar-refractivity contribution in [1.29, 1.82) is 0 Å². The van der Waals surface area contributed by atoms with Crippen molar-refractivity contribution in [2.45, 2.75) is 51.5 Å². The molecule has 0 saturated heterocycles. The van der Waals surface area contributed by atoms with Gasteiger partial charge in [-0.15, -0.1) is 0 Å². The second-order valence-electron chi connectivity index (χ2n) is 6.86. The van der Waals surface area contributed by atoms with Gasteiger partial charge in [0, 0.05) is 17.9 Å². The van der Waals surface area contributed by atoms with Crippen LogP contribution in [-0.4, -0.2) is 25.5 Å². The van der Waals surface area contributed by atoms with Crippen molar-refractivity contribution < 1.29 is 18.3 Å². The molecule has 0 spiro atoms. The zero-order chi connectivity index (χ0) is 19.0. The van der Waals surface area contributed by atoms with Crippen molar-refractivity contribution in [1.82, 2.24) is 4.72 Å². The number of hydrogen-bond acceptors (Lipinski definition) is 3. The smallest absolute Gasteiger partial charge is 0.303 e. The monoisotopic (exact) mass is 377 g/mol. The fourth-order valence-electron chi connectivity index (χ4n) is 3.17. The molecule has 6 heteroatoms. The lowest BCUT2D eigenvalue weighted by molar-refractivity contribution is -0.137. The van der Waals surface area contributed by atoms with Gasteiger partial charge in [-0.1, -0.05) is 42.0 Å². The predicted octanol–water partition coefficient (Wildman–Crippen LogP) is 3.86. The summed E-state index contributed by atoms with van der Waals surface area (Å²) in [5.41, 5.74) is 1.95. The molecule has 0 heterocycles. The Hall–Kier alpha value is -1.92. The first-order valence-corrected chi connectivity index (χ1v) is 10.5.